The first-order chi connectivity index (χ1) is 14.7. The molecule has 4 rings (SSSR count). The highest BCUT2D eigenvalue weighted by molar-refractivity contribution is 9.10. The Morgan fingerprint density at radius 3 is 2.19 bits per heavy atom. The number of rotatable bonds is 2. The van der Waals surface area contributed by atoms with E-state index in [0.29, 0.717) is 11.1 Å². The van der Waals surface area contributed by atoms with E-state index in [-0.39, 0.29) is 0 Å². The lowest BCUT2D eigenvalue weighted by molar-refractivity contribution is -0.288. The zero-order chi connectivity index (χ0) is 22.6. The average molecular weight is 475 g/mol. The molecule has 0 saturated carbocycles. The molecule has 154 valence electrons. The molecule has 2 heterocycles. The lowest BCUT2D eigenvalue weighted by atomic mass is 9.53. The maximum Gasteiger partial charge on any atom is 0.244 e. The number of benzene rings is 2. The molecule has 6 nitrogen and oxygen atoms in total. The lowest BCUT2D eigenvalue weighted by Gasteiger charge is -2.49. The van der Waals surface area contributed by atoms with Crippen molar-refractivity contribution in [1.29, 1.82) is 21.2 Å². The molecule has 2 fully saturated rings. The van der Waals surface area contributed by atoms with Gasteiger partial charge in [-0.15, -0.1) is 0 Å². The molecule has 0 radical (unpaired) electrons. The highest BCUT2D eigenvalue weighted by Gasteiger charge is 2.79. The largest absolute Gasteiger partial charge is 0.443 e. The molecule has 2 aromatic rings. The number of aryl methyl sites for hydroxylation is 2. The summed E-state index contributed by atoms with van der Waals surface area (Å²) in [7, 11) is 0. The van der Waals surface area contributed by atoms with Crippen molar-refractivity contribution in [3.8, 4) is 18.2 Å². The molecular formula is C24H19BrN4O2. The van der Waals surface area contributed by atoms with Gasteiger partial charge in [0.15, 0.2) is 5.41 Å². The van der Waals surface area contributed by atoms with Crippen molar-refractivity contribution in [2.45, 2.75) is 32.7 Å². The van der Waals surface area contributed by atoms with Crippen LogP contribution in [0, 0.1) is 70.0 Å². The summed E-state index contributed by atoms with van der Waals surface area (Å²) in [6.45, 7) is 5.53. The maximum atomic E-state index is 10.4. The lowest BCUT2D eigenvalue weighted by Crippen LogP contribution is -2.57. The van der Waals surface area contributed by atoms with Gasteiger partial charge in [-0.3, -0.25) is 5.41 Å². The van der Waals surface area contributed by atoms with E-state index in [1.54, 1.807) is 19.1 Å². The summed E-state index contributed by atoms with van der Waals surface area (Å²) < 4.78 is 13.4. The third-order valence-electron chi connectivity index (χ3n) is 6.62. The monoisotopic (exact) mass is 474 g/mol. The van der Waals surface area contributed by atoms with Crippen molar-refractivity contribution in [1.82, 2.24) is 0 Å². The van der Waals surface area contributed by atoms with E-state index < -0.39 is 34.5 Å². The van der Waals surface area contributed by atoms with E-state index in [0.717, 1.165) is 15.6 Å². The van der Waals surface area contributed by atoms with Crippen LogP contribution in [0.3, 0.4) is 0 Å². The van der Waals surface area contributed by atoms with E-state index in [2.05, 4.69) is 34.1 Å². The zero-order valence-electron chi connectivity index (χ0n) is 17.2. The first kappa shape index (κ1) is 21.1. The standard InChI is InChI=1S/C24H19BrN4O2/c1-14-4-9-19(15(2)10-14)20-22(11-26,12-27)23(13-28)16(3)24(30-20,31-21(23)29)17-5-7-18(25)8-6-17/h4-10,16,20,29H,1-3H3. The van der Waals surface area contributed by atoms with Crippen molar-refractivity contribution in [2.75, 3.05) is 0 Å². The van der Waals surface area contributed by atoms with E-state index in [4.69, 9.17) is 14.9 Å². The van der Waals surface area contributed by atoms with Crippen LogP contribution >= 0.6 is 15.9 Å². The quantitative estimate of drug-likeness (QED) is 0.643. The Kier molecular flexibility index (Phi) is 4.70. The summed E-state index contributed by atoms with van der Waals surface area (Å²) in [5.74, 6) is -2.67. The molecule has 0 amide bonds. The number of nitrogens with zero attached hydrogens (tertiary/aromatic N) is 3. The fourth-order valence-corrected chi connectivity index (χ4v) is 5.21. The number of hydrogen-bond donors (Lipinski definition) is 1. The maximum absolute atomic E-state index is 10.4. The summed E-state index contributed by atoms with van der Waals surface area (Å²) in [6, 6.07) is 19.2. The predicted molar refractivity (Wildman–Crippen MR) is 115 cm³/mol. The van der Waals surface area contributed by atoms with Gasteiger partial charge in [-0.2, -0.15) is 15.8 Å². The number of halogens is 1. The molecule has 4 atom stereocenters. The summed E-state index contributed by atoms with van der Waals surface area (Å²) in [5, 5.41) is 39.6. The Balaban J connectivity index is 2.06. The minimum Gasteiger partial charge on any atom is -0.443 e. The van der Waals surface area contributed by atoms with Crippen LogP contribution in [0.25, 0.3) is 0 Å². The van der Waals surface area contributed by atoms with Crippen molar-refractivity contribution >= 4 is 21.8 Å². The number of hydrogen-bond acceptors (Lipinski definition) is 6. The highest BCUT2D eigenvalue weighted by Crippen LogP contribution is 2.69. The Morgan fingerprint density at radius 1 is 1.00 bits per heavy atom. The van der Waals surface area contributed by atoms with Crippen molar-refractivity contribution < 1.29 is 9.47 Å². The van der Waals surface area contributed by atoms with Crippen LogP contribution in [0.2, 0.25) is 0 Å². The van der Waals surface area contributed by atoms with Crippen LogP contribution < -0.4 is 0 Å². The molecule has 4 unspecified atom stereocenters. The molecule has 31 heavy (non-hydrogen) atoms. The normalized spacial score (nSPS) is 30.5. The van der Waals surface area contributed by atoms with Crippen molar-refractivity contribution in [3.63, 3.8) is 0 Å². The predicted octanol–water partition coefficient (Wildman–Crippen LogP) is 5.18. The van der Waals surface area contributed by atoms with Crippen LogP contribution in [-0.4, -0.2) is 5.90 Å². The molecule has 2 bridgehead atoms. The van der Waals surface area contributed by atoms with E-state index in [9.17, 15) is 15.8 Å². The van der Waals surface area contributed by atoms with Gasteiger partial charge in [0.1, 0.15) is 6.10 Å². The van der Waals surface area contributed by atoms with Gasteiger partial charge in [0.25, 0.3) is 0 Å². The first-order valence-corrected chi connectivity index (χ1v) is 10.5. The van der Waals surface area contributed by atoms with Gasteiger partial charge in [-0.25, -0.2) is 0 Å². The molecule has 0 aliphatic carbocycles. The molecule has 2 aliphatic heterocycles. The van der Waals surface area contributed by atoms with Gasteiger partial charge in [-0.05, 0) is 37.1 Å². The number of fused-ring (bicyclic) bond motifs is 2. The van der Waals surface area contributed by atoms with Crippen molar-refractivity contribution in [2.24, 2.45) is 16.7 Å². The van der Waals surface area contributed by atoms with Crippen LogP contribution in [0.15, 0.2) is 46.9 Å². The second-order valence-electron chi connectivity index (χ2n) is 8.14. The summed E-state index contributed by atoms with van der Waals surface area (Å²) in [6.07, 6.45) is -1.09. The topological polar surface area (TPSA) is 114 Å². The van der Waals surface area contributed by atoms with Gasteiger partial charge in [-0.1, -0.05) is 58.7 Å². The third-order valence-corrected chi connectivity index (χ3v) is 7.15. The van der Waals surface area contributed by atoms with E-state index in [1.807, 2.05) is 44.2 Å². The molecule has 7 heteroatoms. The van der Waals surface area contributed by atoms with Crippen LogP contribution in [0.1, 0.15) is 35.3 Å². The van der Waals surface area contributed by atoms with Gasteiger partial charge >= 0.3 is 0 Å². The minimum absolute atomic E-state index is 0.416. The first-order valence-electron chi connectivity index (χ1n) is 9.75. The van der Waals surface area contributed by atoms with Crippen LogP contribution in [0.5, 0.6) is 0 Å². The molecule has 1 N–H and O–H groups in total. The second kappa shape index (κ2) is 6.92. The highest BCUT2D eigenvalue weighted by atomic mass is 79.9. The number of ether oxygens (including phenoxy) is 2. The Bertz CT molecular complexity index is 1210. The van der Waals surface area contributed by atoms with Gasteiger partial charge in [0.05, 0.1) is 24.1 Å². The van der Waals surface area contributed by atoms with Gasteiger partial charge in [0.2, 0.25) is 17.1 Å². The summed E-state index contributed by atoms with van der Waals surface area (Å²) >= 11 is 3.41. The number of nitriles is 3. The van der Waals surface area contributed by atoms with Crippen LogP contribution in [-0.2, 0) is 15.3 Å². The van der Waals surface area contributed by atoms with Gasteiger partial charge < -0.3 is 9.47 Å². The molecule has 0 aromatic heterocycles. The van der Waals surface area contributed by atoms with Crippen molar-refractivity contribution in [3.05, 3.63) is 69.2 Å². The molecule has 2 aromatic carbocycles. The zero-order valence-corrected chi connectivity index (χ0v) is 18.8. The smallest absolute Gasteiger partial charge is 0.244 e. The second-order valence-corrected chi connectivity index (χ2v) is 9.05. The van der Waals surface area contributed by atoms with Gasteiger partial charge in [0, 0.05) is 10.0 Å². The SMILES string of the molecule is Cc1ccc(C2OC3(c4ccc(Br)cc4)OC(=N)C(C#N)(C3C)C2(C#N)C#N)c(C)c1. The number of nitrogens with one attached hydrogen (secondary N) is 1. The minimum atomic E-state index is -1.96. The average Bonchev–Trinajstić information content (AvgIpc) is 2.91. The molecule has 2 saturated heterocycles. The summed E-state index contributed by atoms with van der Waals surface area (Å²) in [4.78, 5) is 0. The molecule has 0 spiro atoms. The third kappa shape index (κ3) is 2.47. The Morgan fingerprint density at radius 2 is 1.65 bits per heavy atom. The van der Waals surface area contributed by atoms with E-state index in [1.165, 1.54) is 0 Å². The van der Waals surface area contributed by atoms with Crippen LogP contribution in [0.4, 0.5) is 0 Å². The summed E-state index contributed by atoms with van der Waals surface area (Å²) in [5.41, 5.74) is -0.671. The Labute approximate surface area is 189 Å². The molecular weight excluding hydrogens is 456 g/mol. The fourth-order valence-electron chi connectivity index (χ4n) is 4.95. The Hall–Kier alpha value is -3.18. The molecule has 2 aliphatic rings. The van der Waals surface area contributed by atoms with E-state index >= 15 is 0 Å². The fraction of sp³-hybridized carbons (Fsp3) is 0.333.